The molecule has 0 N–H and O–H groups in total. The number of carbonyl (C=O) groups excluding carboxylic acids is 4. The average molecular weight is 749 g/mol. The van der Waals surface area contributed by atoms with Gasteiger partial charge in [0.2, 0.25) is 0 Å². The standard InChI is InChI=1S/4C8H16O4.Ti/c4*1-5(2)11-8(7(9)10)12-6(3)4;/h4*5-6,8H,1-4H3,(H,9,10);/q;;;;+4/p-4. The molecule has 0 fully saturated rings. The summed E-state index contributed by atoms with van der Waals surface area (Å²) < 4.78 is 39.5. The van der Waals surface area contributed by atoms with Gasteiger partial charge < -0.3 is 77.5 Å². The Labute approximate surface area is 307 Å². The van der Waals surface area contributed by atoms with E-state index in [-0.39, 0.29) is 70.5 Å². The predicted octanol–water partition coefficient (Wildman–Crippen LogP) is -0.353. The van der Waals surface area contributed by atoms with Gasteiger partial charge in [0.15, 0.2) is 25.2 Å². The van der Waals surface area contributed by atoms with Crippen molar-refractivity contribution in [3.05, 3.63) is 0 Å². The van der Waals surface area contributed by atoms with Gasteiger partial charge in [-0.25, -0.2) is 0 Å². The van der Waals surface area contributed by atoms with E-state index in [2.05, 4.69) is 0 Å². The molecule has 0 atom stereocenters. The first-order chi connectivity index (χ1) is 21.7. The largest absolute Gasteiger partial charge is 4.00 e. The number of hydrogen-bond donors (Lipinski definition) is 0. The molecule has 16 nitrogen and oxygen atoms in total. The molecule has 0 radical (unpaired) electrons. The summed E-state index contributed by atoms with van der Waals surface area (Å²) in [6.45, 7) is 27.8. The van der Waals surface area contributed by atoms with Crippen LogP contribution in [0.3, 0.4) is 0 Å². The maximum absolute atomic E-state index is 10.4. The van der Waals surface area contributed by atoms with Crippen molar-refractivity contribution in [2.75, 3.05) is 0 Å². The van der Waals surface area contributed by atoms with Gasteiger partial charge in [-0.1, -0.05) is 0 Å². The van der Waals surface area contributed by atoms with E-state index in [4.69, 9.17) is 37.9 Å². The topological polar surface area (TPSA) is 234 Å². The molecule has 288 valence electrons. The Morgan fingerprint density at radius 3 is 0.408 bits per heavy atom. The molecule has 0 aromatic rings. The van der Waals surface area contributed by atoms with Crippen molar-refractivity contribution in [3.63, 3.8) is 0 Å². The monoisotopic (exact) mass is 748 g/mol. The Bertz CT molecular complexity index is 671. The predicted molar refractivity (Wildman–Crippen MR) is 165 cm³/mol. The van der Waals surface area contributed by atoms with E-state index < -0.39 is 49.0 Å². The third kappa shape index (κ3) is 42.4. The Kier molecular flexibility index (Phi) is 37.2. The zero-order valence-electron chi connectivity index (χ0n) is 32.0. The SMILES string of the molecule is CC(C)OC(OC(C)C)C(=O)[O-].CC(C)OC(OC(C)C)C(=O)[O-].CC(C)OC(OC(C)C)C(=O)[O-].CC(C)OC(OC(C)C)C(=O)[O-].[Ti+4]. The van der Waals surface area contributed by atoms with E-state index in [0.717, 1.165) is 0 Å². The van der Waals surface area contributed by atoms with Crippen LogP contribution in [0, 0.1) is 0 Å². The number of carboxylic acid groups (broad SMARTS) is 4. The van der Waals surface area contributed by atoms with Crippen LogP contribution in [0.25, 0.3) is 0 Å². The van der Waals surface area contributed by atoms with Crippen LogP contribution in [0.1, 0.15) is 111 Å². The Hall–Kier alpha value is -1.73. The number of rotatable bonds is 20. The van der Waals surface area contributed by atoms with Crippen molar-refractivity contribution in [2.45, 2.75) is 185 Å². The third-order valence-electron chi connectivity index (χ3n) is 3.94. The van der Waals surface area contributed by atoms with Gasteiger partial charge in [-0.3, -0.25) is 0 Å². The van der Waals surface area contributed by atoms with Gasteiger partial charge in [0.25, 0.3) is 0 Å². The van der Waals surface area contributed by atoms with E-state index >= 15 is 0 Å². The number of ether oxygens (including phenoxy) is 8. The molecule has 17 heteroatoms. The van der Waals surface area contributed by atoms with Crippen molar-refractivity contribution in [1.29, 1.82) is 0 Å². The molecule has 0 saturated heterocycles. The first-order valence-electron chi connectivity index (χ1n) is 15.8. The maximum Gasteiger partial charge on any atom is 4.00 e. The summed E-state index contributed by atoms with van der Waals surface area (Å²) in [7, 11) is 0. The van der Waals surface area contributed by atoms with Crippen molar-refractivity contribution in [2.24, 2.45) is 0 Å². The van der Waals surface area contributed by atoms with Crippen LogP contribution in [0.15, 0.2) is 0 Å². The molecule has 0 heterocycles. The van der Waals surface area contributed by atoms with Crippen LogP contribution in [0.4, 0.5) is 0 Å². The summed E-state index contributed by atoms with van der Waals surface area (Å²) in [6.07, 6.45) is -6.54. The molecule has 0 aliphatic carbocycles. The molecular formula is C32H60O16Ti. The Balaban J connectivity index is -0.000000174. The summed E-state index contributed by atoms with van der Waals surface area (Å²) in [5, 5.41) is 41.6. The zero-order chi connectivity index (χ0) is 38.9. The minimum Gasteiger partial charge on any atom is -0.545 e. The number of aliphatic carboxylic acids is 4. The summed E-state index contributed by atoms with van der Waals surface area (Å²) in [5.74, 6) is -5.34. The van der Waals surface area contributed by atoms with Gasteiger partial charge in [0.1, 0.15) is 0 Å². The Morgan fingerprint density at radius 1 is 0.286 bits per heavy atom. The number of carboxylic acids is 4. The molecule has 0 aromatic carbocycles. The fourth-order valence-electron chi connectivity index (χ4n) is 2.55. The van der Waals surface area contributed by atoms with Crippen molar-refractivity contribution < 1.29 is 99.2 Å². The fourth-order valence-corrected chi connectivity index (χ4v) is 2.55. The quantitative estimate of drug-likeness (QED) is 0.114. The Morgan fingerprint density at radius 2 is 0.367 bits per heavy atom. The first-order valence-corrected chi connectivity index (χ1v) is 15.8. The summed E-state index contributed by atoms with van der Waals surface area (Å²) in [6, 6.07) is 0. The molecule has 0 aliphatic heterocycles. The number of carbonyl (C=O) groups is 4. The van der Waals surface area contributed by atoms with Gasteiger partial charge in [0.05, 0.1) is 72.7 Å². The van der Waals surface area contributed by atoms with E-state index in [1.807, 2.05) is 0 Å². The molecule has 0 aromatic heterocycles. The van der Waals surface area contributed by atoms with Gasteiger partial charge in [-0.15, -0.1) is 0 Å². The average Bonchev–Trinajstić information content (AvgIpc) is 2.86. The normalized spacial score (nSPS) is 11.3. The molecule has 0 bridgehead atoms. The molecule has 0 rings (SSSR count). The summed E-state index contributed by atoms with van der Waals surface area (Å²) in [5.41, 5.74) is 0. The van der Waals surface area contributed by atoms with Gasteiger partial charge in [-0.2, -0.15) is 0 Å². The summed E-state index contributed by atoms with van der Waals surface area (Å²) in [4.78, 5) is 41.6. The van der Waals surface area contributed by atoms with Crippen LogP contribution < -0.4 is 20.4 Å². The molecule has 0 unspecified atom stereocenters. The van der Waals surface area contributed by atoms with Crippen molar-refractivity contribution >= 4 is 23.9 Å². The molecule has 0 spiro atoms. The van der Waals surface area contributed by atoms with E-state index in [1.54, 1.807) is 111 Å². The van der Waals surface area contributed by atoms with Crippen molar-refractivity contribution in [3.8, 4) is 0 Å². The van der Waals surface area contributed by atoms with Crippen LogP contribution >= 0.6 is 0 Å². The van der Waals surface area contributed by atoms with Crippen LogP contribution in [0.2, 0.25) is 0 Å². The number of hydrogen-bond acceptors (Lipinski definition) is 16. The second-order valence-electron chi connectivity index (χ2n) is 12.1. The van der Waals surface area contributed by atoms with Crippen LogP contribution in [-0.4, -0.2) is 97.9 Å². The second-order valence-corrected chi connectivity index (χ2v) is 12.1. The van der Waals surface area contributed by atoms with Gasteiger partial charge >= 0.3 is 21.7 Å². The van der Waals surface area contributed by atoms with Gasteiger partial charge in [-0.05, 0) is 111 Å². The van der Waals surface area contributed by atoms with E-state index in [1.165, 1.54) is 0 Å². The third-order valence-corrected chi connectivity index (χ3v) is 3.94. The molecule has 0 amide bonds. The molecule has 0 saturated carbocycles. The fraction of sp³-hybridized carbons (Fsp3) is 0.875. The van der Waals surface area contributed by atoms with Gasteiger partial charge in [0, 0.05) is 0 Å². The molecule has 49 heavy (non-hydrogen) atoms. The summed E-state index contributed by atoms with van der Waals surface area (Å²) >= 11 is 0. The first kappa shape index (κ1) is 56.6. The van der Waals surface area contributed by atoms with Crippen LogP contribution in [-0.2, 0) is 78.8 Å². The maximum atomic E-state index is 10.4. The molecule has 0 aliphatic rings. The zero-order valence-corrected chi connectivity index (χ0v) is 33.5. The van der Waals surface area contributed by atoms with E-state index in [9.17, 15) is 39.6 Å². The second kappa shape index (κ2) is 32.2. The van der Waals surface area contributed by atoms with E-state index in [0.29, 0.717) is 0 Å². The van der Waals surface area contributed by atoms with Crippen LogP contribution in [0.5, 0.6) is 0 Å². The smallest absolute Gasteiger partial charge is 0.545 e. The van der Waals surface area contributed by atoms with Crippen molar-refractivity contribution in [1.82, 2.24) is 0 Å². The minimum absolute atomic E-state index is 0. The minimum atomic E-state index is -1.34. The molecular weight excluding hydrogens is 688 g/mol.